The van der Waals surface area contributed by atoms with Gasteiger partial charge in [-0.2, -0.15) is 5.10 Å². The van der Waals surface area contributed by atoms with Gasteiger partial charge in [-0.05, 0) is 20.8 Å². The lowest BCUT2D eigenvalue weighted by Crippen LogP contribution is -2.26. The Morgan fingerprint density at radius 2 is 2.15 bits per heavy atom. The van der Waals surface area contributed by atoms with Gasteiger partial charge in [-0.1, -0.05) is 0 Å². The normalized spacial score (nSPS) is 11.2. The van der Waals surface area contributed by atoms with Gasteiger partial charge in [-0.15, -0.1) is 0 Å². The number of aliphatic hydroxyl groups is 1. The van der Waals surface area contributed by atoms with Gasteiger partial charge < -0.3 is 5.11 Å². The summed E-state index contributed by atoms with van der Waals surface area (Å²) in [6.45, 7) is 5.97. The van der Waals surface area contributed by atoms with Crippen molar-refractivity contribution in [3.8, 4) is 0 Å². The average Bonchev–Trinajstić information content (AvgIpc) is 2.41. The summed E-state index contributed by atoms with van der Waals surface area (Å²) >= 11 is 0. The van der Waals surface area contributed by atoms with Gasteiger partial charge in [-0.25, -0.2) is 9.48 Å². The van der Waals surface area contributed by atoms with Crippen molar-refractivity contribution in [1.82, 2.24) is 14.3 Å². The van der Waals surface area contributed by atoms with E-state index in [1.54, 1.807) is 0 Å². The molecule has 0 fully saturated rings. The van der Waals surface area contributed by atoms with Gasteiger partial charge >= 0.3 is 5.69 Å². The molecule has 0 bridgehead atoms. The summed E-state index contributed by atoms with van der Waals surface area (Å²) in [4.78, 5) is 11.6. The summed E-state index contributed by atoms with van der Waals surface area (Å²) in [6, 6.07) is 0.0330. The molecule has 1 N–H and O–H groups in total. The minimum Gasteiger partial charge on any atom is -0.388 e. The largest absolute Gasteiger partial charge is 0.388 e. The molecular formula is C8H15N3O2. The number of hydrogen-bond acceptors (Lipinski definition) is 3. The second-order valence-corrected chi connectivity index (χ2v) is 3.14. The summed E-state index contributed by atoms with van der Waals surface area (Å²) in [5.74, 6) is 0.432. The van der Waals surface area contributed by atoms with E-state index in [1.807, 2.05) is 20.8 Å². The fourth-order valence-electron chi connectivity index (χ4n) is 1.23. The van der Waals surface area contributed by atoms with Gasteiger partial charge in [-0.3, -0.25) is 4.57 Å². The maximum atomic E-state index is 11.6. The van der Waals surface area contributed by atoms with Crippen molar-refractivity contribution in [1.29, 1.82) is 0 Å². The molecular weight excluding hydrogens is 170 g/mol. The zero-order valence-corrected chi connectivity index (χ0v) is 8.19. The van der Waals surface area contributed by atoms with Crippen molar-refractivity contribution >= 4 is 0 Å². The molecule has 1 aromatic heterocycles. The molecule has 0 aliphatic heterocycles. The van der Waals surface area contributed by atoms with E-state index in [1.165, 1.54) is 9.25 Å². The molecule has 0 aliphatic carbocycles. The standard InChI is InChI=1S/C8H15N3O2/c1-4-10-7(5-12)9-11(6(2)3)8(10)13/h6,12H,4-5H2,1-3H3. The Hall–Kier alpha value is -1.10. The number of aliphatic hydroxyl groups excluding tert-OH is 1. The highest BCUT2D eigenvalue weighted by atomic mass is 16.3. The first-order chi connectivity index (χ1) is 6.11. The quantitative estimate of drug-likeness (QED) is 0.728. The van der Waals surface area contributed by atoms with Crippen LogP contribution in [-0.4, -0.2) is 19.5 Å². The molecule has 5 nitrogen and oxygen atoms in total. The summed E-state index contributed by atoms with van der Waals surface area (Å²) in [5, 5.41) is 12.9. The van der Waals surface area contributed by atoms with Crippen LogP contribution >= 0.6 is 0 Å². The molecule has 1 rings (SSSR count). The van der Waals surface area contributed by atoms with Crippen LogP contribution in [0.2, 0.25) is 0 Å². The van der Waals surface area contributed by atoms with E-state index in [2.05, 4.69) is 5.10 Å². The highest BCUT2D eigenvalue weighted by Gasteiger charge is 2.12. The molecule has 13 heavy (non-hydrogen) atoms. The van der Waals surface area contributed by atoms with Crippen LogP contribution in [0.15, 0.2) is 4.79 Å². The predicted octanol–water partition coefficient (Wildman–Crippen LogP) is 0.138. The van der Waals surface area contributed by atoms with Crippen molar-refractivity contribution in [2.45, 2.75) is 40.0 Å². The highest BCUT2D eigenvalue weighted by molar-refractivity contribution is 4.86. The number of aromatic nitrogens is 3. The van der Waals surface area contributed by atoms with Gasteiger partial charge in [0, 0.05) is 6.54 Å². The molecule has 5 heteroatoms. The van der Waals surface area contributed by atoms with Crippen molar-refractivity contribution in [2.75, 3.05) is 0 Å². The Morgan fingerprint density at radius 3 is 2.46 bits per heavy atom. The van der Waals surface area contributed by atoms with Gasteiger partial charge in [0.1, 0.15) is 6.61 Å². The smallest absolute Gasteiger partial charge is 0.346 e. The zero-order chi connectivity index (χ0) is 10.0. The lowest BCUT2D eigenvalue weighted by molar-refractivity contribution is 0.263. The maximum Gasteiger partial charge on any atom is 0.346 e. The molecule has 0 unspecified atom stereocenters. The van der Waals surface area contributed by atoms with E-state index < -0.39 is 0 Å². The first kappa shape index (κ1) is 9.98. The van der Waals surface area contributed by atoms with E-state index in [0.717, 1.165) is 0 Å². The molecule has 0 aliphatic rings. The summed E-state index contributed by atoms with van der Waals surface area (Å²) in [5.41, 5.74) is -0.151. The van der Waals surface area contributed by atoms with Crippen molar-refractivity contribution < 1.29 is 5.11 Å². The van der Waals surface area contributed by atoms with Crippen LogP contribution in [0.4, 0.5) is 0 Å². The van der Waals surface area contributed by atoms with Gasteiger partial charge in [0.25, 0.3) is 0 Å². The van der Waals surface area contributed by atoms with E-state index in [0.29, 0.717) is 12.4 Å². The molecule has 0 aromatic carbocycles. The molecule has 74 valence electrons. The average molecular weight is 185 g/mol. The Kier molecular flexibility index (Phi) is 2.87. The SMILES string of the molecule is CCn1c(CO)nn(C(C)C)c1=O. The van der Waals surface area contributed by atoms with Crippen LogP contribution in [-0.2, 0) is 13.2 Å². The molecule has 0 saturated heterocycles. The van der Waals surface area contributed by atoms with Crippen molar-refractivity contribution in [3.05, 3.63) is 16.3 Å². The van der Waals surface area contributed by atoms with E-state index in [4.69, 9.17) is 5.11 Å². The molecule has 0 amide bonds. The third-order valence-electron chi connectivity index (χ3n) is 1.91. The number of nitrogens with zero attached hydrogens (tertiary/aromatic N) is 3. The van der Waals surface area contributed by atoms with E-state index in [-0.39, 0.29) is 18.3 Å². The first-order valence-corrected chi connectivity index (χ1v) is 4.40. The number of rotatable bonds is 3. The fraction of sp³-hybridized carbons (Fsp3) is 0.750. The molecule has 1 heterocycles. The van der Waals surface area contributed by atoms with Gasteiger partial charge in [0.15, 0.2) is 5.82 Å². The lowest BCUT2D eigenvalue weighted by atomic mass is 10.4. The topological polar surface area (TPSA) is 60.0 Å². The van der Waals surface area contributed by atoms with Crippen LogP contribution in [0.1, 0.15) is 32.6 Å². The minimum absolute atomic E-state index is 0.0330. The summed E-state index contributed by atoms with van der Waals surface area (Å²) in [6.07, 6.45) is 0. The van der Waals surface area contributed by atoms with E-state index >= 15 is 0 Å². The monoisotopic (exact) mass is 185 g/mol. The van der Waals surface area contributed by atoms with Gasteiger partial charge in [0.05, 0.1) is 6.04 Å². The third-order valence-corrected chi connectivity index (χ3v) is 1.91. The second-order valence-electron chi connectivity index (χ2n) is 3.14. The maximum absolute atomic E-state index is 11.6. The molecule has 0 saturated carbocycles. The Labute approximate surface area is 76.6 Å². The van der Waals surface area contributed by atoms with Crippen molar-refractivity contribution in [3.63, 3.8) is 0 Å². The second kappa shape index (κ2) is 3.74. The lowest BCUT2D eigenvalue weighted by Gasteiger charge is -2.00. The van der Waals surface area contributed by atoms with Gasteiger partial charge in [0.2, 0.25) is 0 Å². The highest BCUT2D eigenvalue weighted by Crippen LogP contribution is 2.00. The third kappa shape index (κ3) is 1.65. The molecule has 1 aromatic rings. The first-order valence-electron chi connectivity index (χ1n) is 4.40. The summed E-state index contributed by atoms with van der Waals surface area (Å²) in [7, 11) is 0. The fourth-order valence-corrected chi connectivity index (χ4v) is 1.23. The molecule has 0 atom stereocenters. The van der Waals surface area contributed by atoms with Crippen LogP contribution in [0.25, 0.3) is 0 Å². The molecule has 0 radical (unpaired) electrons. The Balaban J connectivity index is 3.27. The van der Waals surface area contributed by atoms with Crippen molar-refractivity contribution in [2.24, 2.45) is 0 Å². The van der Waals surface area contributed by atoms with Crippen LogP contribution < -0.4 is 5.69 Å². The number of hydrogen-bond donors (Lipinski definition) is 1. The zero-order valence-electron chi connectivity index (χ0n) is 8.19. The van der Waals surface area contributed by atoms with Crippen LogP contribution in [0.3, 0.4) is 0 Å². The van der Waals surface area contributed by atoms with E-state index in [9.17, 15) is 4.79 Å². The Bertz CT molecular complexity index is 338. The minimum atomic E-state index is -0.192. The summed E-state index contributed by atoms with van der Waals surface area (Å²) < 4.78 is 2.86. The predicted molar refractivity (Wildman–Crippen MR) is 48.5 cm³/mol. The van der Waals surface area contributed by atoms with Crippen LogP contribution in [0.5, 0.6) is 0 Å². The Morgan fingerprint density at radius 1 is 1.54 bits per heavy atom. The molecule has 0 spiro atoms. The van der Waals surface area contributed by atoms with Crippen LogP contribution in [0, 0.1) is 0 Å².